The number of aliphatic hydroxyl groups is 1. The summed E-state index contributed by atoms with van der Waals surface area (Å²) in [6, 6.07) is 6.60. The molecule has 1 aromatic carbocycles. The molecule has 1 fully saturated rings. The third-order valence-corrected chi connectivity index (χ3v) is 4.75. The molecule has 0 radical (unpaired) electrons. The van der Waals surface area contributed by atoms with Crippen molar-refractivity contribution in [2.24, 2.45) is 5.41 Å². The Hall–Kier alpha value is -0.580. The first-order valence-corrected chi connectivity index (χ1v) is 7.78. The van der Waals surface area contributed by atoms with Gasteiger partial charge in [-0.25, -0.2) is 0 Å². The summed E-state index contributed by atoms with van der Waals surface area (Å²) in [5.41, 5.74) is 1.40. The molecule has 3 rings (SSSR count). The number of ether oxygens (including phenoxy) is 1. The van der Waals surface area contributed by atoms with E-state index in [-0.39, 0.29) is 5.41 Å². The number of aliphatic hydroxyl groups excluding tert-OH is 1. The van der Waals surface area contributed by atoms with Crippen LogP contribution in [0.25, 0.3) is 0 Å². The van der Waals surface area contributed by atoms with Crippen LogP contribution in [0.4, 0.5) is 0 Å². The molecule has 1 aliphatic heterocycles. The van der Waals surface area contributed by atoms with E-state index in [2.05, 4.69) is 33.4 Å². The van der Waals surface area contributed by atoms with Gasteiger partial charge in [0.2, 0.25) is 0 Å². The van der Waals surface area contributed by atoms with Gasteiger partial charge in [-0.1, -0.05) is 22.0 Å². The molecular weight excluding hydrogens is 306 g/mol. The fourth-order valence-electron chi connectivity index (χ4n) is 2.67. The second-order valence-electron chi connectivity index (χ2n) is 5.76. The maximum atomic E-state index is 9.40. The topological polar surface area (TPSA) is 41.5 Å². The zero-order chi connectivity index (χ0) is 13.3. The normalized spacial score (nSPS) is 24.2. The third kappa shape index (κ3) is 2.96. The molecule has 0 amide bonds. The van der Waals surface area contributed by atoms with Crippen molar-refractivity contribution >= 4 is 15.9 Å². The fourth-order valence-corrected chi connectivity index (χ4v) is 3.01. The van der Waals surface area contributed by atoms with E-state index < -0.39 is 0 Å². The summed E-state index contributed by atoms with van der Waals surface area (Å²) in [4.78, 5) is 0. The third-order valence-electron chi connectivity index (χ3n) is 4.26. The van der Waals surface area contributed by atoms with Crippen LogP contribution in [-0.4, -0.2) is 24.9 Å². The number of fused-ring (bicyclic) bond motifs is 1. The molecule has 104 valence electrons. The quantitative estimate of drug-likeness (QED) is 0.894. The van der Waals surface area contributed by atoms with Crippen LogP contribution < -0.4 is 10.1 Å². The highest BCUT2D eigenvalue weighted by molar-refractivity contribution is 9.10. The van der Waals surface area contributed by atoms with Crippen molar-refractivity contribution in [1.82, 2.24) is 5.32 Å². The Kier molecular flexibility index (Phi) is 3.83. The van der Waals surface area contributed by atoms with Gasteiger partial charge in [-0.15, -0.1) is 0 Å². The zero-order valence-corrected chi connectivity index (χ0v) is 12.6. The molecule has 1 unspecified atom stereocenters. The van der Waals surface area contributed by atoms with Crippen molar-refractivity contribution in [1.29, 1.82) is 0 Å². The van der Waals surface area contributed by atoms with E-state index in [1.165, 1.54) is 5.56 Å². The predicted molar refractivity (Wildman–Crippen MR) is 78.4 cm³/mol. The Balaban J connectivity index is 1.74. The van der Waals surface area contributed by atoms with Gasteiger partial charge in [-0.2, -0.15) is 0 Å². The molecule has 2 N–H and O–H groups in total. The van der Waals surface area contributed by atoms with Crippen LogP contribution in [0.15, 0.2) is 22.7 Å². The smallest absolute Gasteiger partial charge is 0.125 e. The van der Waals surface area contributed by atoms with Gasteiger partial charge in [0.25, 0.3) is 0 Å². The Morgan fingerprint density at radius 2 is 2.26 bits per heavy atom. The summed E-state index contributed by atoms with van der Waals surface area (Å²) in [5.74, 6) is 0.984. The van der Waals surface area contributed by atoms with Crippen molar-refractivity contribution in [3.8, 4) is 5.75 Å². The van der Waals surface area contributed by atoms with E-state index >= 15 is 0 Å². The van der Waals surface area contributed by atoms with Crippen LogP contribution >= 0.6 is 15.9 Å². The predicted octanol–water partition coefficient (Wildman–Crippen LogP) is 3.02. The number of rotatable bonds is 4. The molecule has 1 aromatic rings. The number of benzene rings is 1. The van der Waals surface area contributed by atoms with Crippen molar-refractivity contribution < 1.29 is 9.84 Å². The van der Waals surface area contributed by atoms with Gasteiger partial charge >= 0.3 is 0 Å². The minimum Gasteiger partial charge on any atom is -0.493 e. The first kappa shape index (κ1) is 13.4. The van der Waals surface area contributed by atoms with E-state index in [0.29, 0.717) is 12.6 Å². The Bertz CT molecular complexity index is 459. The van der Waals surface area contributed by atoms with E-state index in [4.69, 9.17) is 4.74 Å². The van der Waals surface area contributed by atoms with Crippen molar-refractivity contribution in [2.45, 2.75) is 31.7 Å². The first-order chi connectivity index (χ1) is 9.22. The van der Waals surface area contributed by atoms with Gasteiger partial charge in [0.15, 0.2) is 0 Å². The maximum Gasteiger partial charge on any atom is 0.125 e. The second kappa shape index (κ2) is 5.43. The van der Waals surface area contributed by atoms with Crippen LogP contribution in [0, 0.1) is 5.41 Å². The molecule has 2 aliphatic rings. The molecule has 0 spiro atoms. The summed E-state index contributed by atoms with van der Waals surface area (Å²) in [6.45, 7) is 1.99. The van der Waals surface area contributed by atoms with E-state index in [0.717, 1.165) is 49.1 Å². The monoisotopic (exact) mass is 325 g/mol. The summed E-state index contributed by atoms with van der Waals surface area (Å²) in [7, 11) is 0. The van der Waals surface area contributed by atoms with Crippen LogP contribution in [0.2, 0.25) is 0 Å². The molecule has 1 saturated carbocycles. The lowest BCUT2D eigenvalue weighted by Crippen LogP contribution is -2.30. The molecule has 0 aromatic heterocycles. The molecule has 4 heteroatoms. The van der Waals surface area contributed by atoms with E-state index in [1.54, 1.807) is 0 Å². The molecular formula is C15H20BrNO2. The average Bonchev–Trinajstić information content (AvgIpc) is 3.20. The van der Waals surface area contributed by atoms with Crippen LogP contribution in [0.1, 0.15) is 37.3 Å². The molecule has 1 atom stereocenters. The average molecular weight is 326 g/mol. The van der Waals surface area contributed by atoms with Crippen molar-refractivity contribution in [3.05, 3.63) is 28.2 Å². The van der Waals surface area contributed by atoms with Gasteiger partial charge in [-0.05, 0) is 37.8 Å². The SMILES string of the molecule is OCC1(CNC2CCCOc3cc(Br)ccc32)CC1. The molecule has 1 heterocycles. The highest BCUT2D eigenvalue weighted by Crippen LogP contribution is 2.45. The second-order valence-corrected chi connectivity index (χ2v) is 6.68. The highest BCUT2D eigenvalue weighted by Gasteiger charge is 2.42. The van der Waals surface area contributed by atoms with Crippen LogP contribution in [-0.2, 0) is 0 Å². The van der Waals surface area contributed by atoms with Crippen LogP contribution in [0.5, 0.6) is 5.75 Å². The molecule has 19 heavy (non-hydrogen) atoms. The molecule has 0 bridgehead atoms. The number of hydrogen-bond donors (Lipinski definition) is 2. The highest BCUT2D eigenvalue weighted by atomic mass is 79.9. The Morgan fingerprint density at radius 3 is 3.00 bits per heavy atom. The maximum absolute atomic E-state index is 9.40. The lowest BCUT2D eigenvalue weighted by Gasteiger charge is -2.21. The largest absolute Gasteiger partial charge is 0.493 e. The lowest BCUT2D eigenvalue weighted by atomic mass is 10.0. The summed E-state index contributed by atoms with van der Waals surface area (Å²) < 4.78 is 6.87. The van der Waals surface area contributed by atoms with E-state index in [9.17, 15) is 5.11 Å². The Morgan fingerprint density at radius 1 is 1.42 bits per heavy atom. The fraction of sp³-hybridized carbons (Fsp3) is 0.600. The van der Waals surface area contributed by atoms with Gasteiger partial charge in [0, 0.05) is 34.6 Å². The standard InChI is InChI=1S/C15H20BrNO2/c16-11-3-4-12-13(2-1-7-19-14(12)8-11)17-9-15(10-18)5-6-15/h3-4,8,13,17-18H,1-2,5-7,9-10H2. The molecule has 3 nitrogen and oxygen atoms in total. The van der Waals surface area contributed by atoms with Crippen molar-refractivity contribution in [3.63, 3.8) is 0 Å². The Labute approximate surface area is 122 Å². The lowest BCUT2D eigenvalue weighted by molar-refractivity contribution is 0.203. The van der Waals surface area contributed by atoms with E-state index in [1.807, 2.05) is 6.07 Å². The van der Waals surface area contributed by atoms with Crippen LogP contribution in [0.3, 0.4) is 0 Å². The van der Waals surface area contributed by atoms with Gasteiger partial charge < -0.3 is 15.2 Å². The number of nitrogens with one attached hydrogen (secondary N) is 1. The zero-order valence-electron chi connectivity index (χ0n) is 11.0. The number of hydrogen-bond acceptors (Lipinski definition) is 3. The summed E-state index contributed by atoms with van der Waals surface area (Å²) in [5, 5.41) is 13.0. The van der Waals surface area contributed by atoms with Gasteiger partial charge in [0.1, 0.15) is 5.75 Å². The van der Waals surface area contributed by atoms with Gasteiger partial charge in [0.05, 0.1) is 6.61 Å². The first-order valence-electron chi connectivity index (χ1n) is 6.99. The molecule has 1 aliphatic carbocycles. The summed E-state index contributed by atoms with van der Waals surface area (Å²) in [6.07, 6.45) is 4.45. The minimum absolute atomic E-state index is 0.155. The number of halogens is 1. The van der Waals surface area contributed by atoms with Gasteiger partial charge in [-0.3, -0.25) is 0 Å². The minimum atomic E-state index is 0.155. The van der Waals surface area contributed by atoms with Crippen molar-refractivity contribution in [2.75, 3.05) is 19.8 Å². The summed E-state index contributed by atoms with van der Waals surface area (Å²) >= 11 is 3.49. The molecule has 0 saturated heterocycles.